The number of anilines is 1. The van der Waals surface area contributed by atoms with Gasteiger partial charge >= 0.3 is 0 Å². The Kier molecular flexibility index (Phi) is 6.49. The SMILES string of the molecule is C=C(/C=C\C(C)=C/CC)c1cn2c(C(N)=O)cnc(NC3CCCC(N)C3)c2n1. The molecule has 7 nitrogen and oxygen atoms in total. The third-order valence-corrected chi connectivity index (χ3v) is 5.20. The third kappa shape index (κ3) is 4.92. The van der Waals surface area contributed by atoms with E-state index in [0.29, 0.717) is 17.2 Å². The summed E-state index contributed by atoms with van der Waals surface area (Å²) < 4.78 is 1.68. The van der Waals surface area contributed by atoms with Crippen LogP contribution in [0.2, 0.25) is 0 Å². The number of carbonyl (C=O) groups excluding carboxylic acids is 1. The van der Waals surface area contributed by atoms with Crippen molar-refractivity contribution in [3.8, 4) is 0 Å². The van der Waals surface area contributed by atoms with Crippen LogP contribution >= 0.6 is 0 Å². The summed E-state index contributed by atoms with van der Waals surface area (Å²) >= 11 is 0. The van der Waals surface area contributed by atoms with Crippen molar-refractivity contribution < 1.29 is 4.79 Å². The Morgan fingerprint density at radius 3 is 2.90 bits per heavy atom. The number of nitrogens with zero attached hydrogens (tertiary/aromatic N) is 3. The molecule has 1 fully saturated rings. The lowest BCUT2D eigenvalue weighted by atomic mass is 9.92. The van der Waals surface area contributed by atoms with Crippen molar-refractivity contribution in [1.29, 1.82) is 0 Å². The maximum Gasteiger partial charge on any atom is 0.267 e. The number of nitrogens with two attached hydrogens (primary N) is 2. The molecular weight excluding hydrogens is 364 g/mol. The van der Waals surface area contributed by atoms with Gasteiger partial charge in [0, 0.05) is 18.3 Å². The Morgan fingerprint density at radius 2 is 2.21 bits per heavy atom. The Labute approximate surface area is 171 Å². The number of aromatic nitrogens is 3. The second-order valence-electron chi connectivity index (χ2n) is 7.66. The summed E-state index contributed by atoms with van der Waals surface area (Å²) in [4.78, 5) is 21.0. The average molecular weight is 395 g/mol. The van der Waals surface area contributed by atoms with Gasteiger partial charge in [0.15, 0.2) is 11.5 Å². The molecule has 3 rings (SSSR count). The van der Waals surface area contributed by atoms with Crippen molar-refractivity contribution in [2.24, 2.45) is 11.5 Å². The molecular formula is C22H30N6O. The van der Waals surface area contributed by atoms with Crippen LogP contribution in [0.3, 0.4) is 0 Å². The summed E-state index contributed by atoms with van der Waals surface area (Å²) in [6.45, 7) is 8.26. The number of rotatable bonds is 7. The first-order valence-electron chi connectivity index (χ1n) is 10.1. The summed E-state index contributed by atoms with van der Waals surface area (Å²) in [5.41, 5.74) is 15.1. The lowest BCUT2D eigenvalue weighted by Crippen LogP contribution is -2.35. The van der Waals surface area contributed by atoms with Gasteiger partial charge in [-0.15, -0.1) is 0 Å². The topological polar surface area (TPSA) is 111 Å². The van der Waals surface area contributed by atoms with Crippen molar-refractivity contribution >= 4 is 22.9 Å². The van der Waals surface area contributed by atoms with E-state index in [1.165, 1.54) is 6.20 Å². The first-order valence-corrected chi connectivity index (χ1v) is 10.1. The first-order chi connectivity index (χ1) is 13.9. The number of carbonyl (C=O) groups is 1. The highest BCUT2D eigenvalue weighted by Gasteiger charge is 2.22. The first kappa shape index (κ1) is 20.8. The molecule has 2 unspecified atom stereocenters. The lowest BCUT2D eigenvalue weighted by Gasteiger charge is -2.27. The number of imidazole rings is 1. The fraction of sp³-hybridized carbons (Fsp3) is 0.409. The van der Waals surface area contributed by atoms with Crippen molar-refractivity contribution in [2.45, 2.75) is 58.0 Å². The lowest BCUT2D eigenvalue weighted by molar-refractivity contribution is 0.0994. The molecule has 0 aromatic carbocycles. The van der Waals surface area contributed by atoms with E-state index in [-0.39, 0.29) is 17.8 Å². The van der Waals surface area contributed by atoms with E-state index in [0.717, 1.165) is 43.3 Å². The monoisotopic (exact) mass is 394 g/mol. The quantitative estimate of drug-likeness (QED) is 0.623. The zero-order chi connectivity index (χ0) is 21.0. The Bertz CT molecular complexity index is 971. The molecule has 1 saturated carbocycles. The predicted octanol–water partition coefficient (Wildman–Crippen LogP) is 3.44. The minimum atomic E-state index is -0.555. The second kappa shape index (κ2) is 9.05. The van der Waals surface area contributed by atoms with Crippen molar-refractivity contribution in [3.63, 3.8) is 0 Å². The number of hydrogen-bond donors (Lipinski definition) is 3. The number of primary amides is 1. The van der Waals surface area contributed by atoms with Crippen LogP contribution in [0.25, 0.3) is 11.2 Å². The summed E-state index contributed by atoms with van der Waals surface area (Å²) in [5.74, 6) is 0.0692. The fourth-order valence-corrected chi connectivity index (χ4v) is 3.67. The van der Waals surface area contributed by atoms with E-state index in [2.05, 4.69) is 29.9 Å². The van der Waals surface area contributed by atoms with Gasteiger partial charge in [-0.2, -0.15) is 0 Å². The van der Waals surface area contributed by atoms with E-state index < -0.39 is 5.91 Å². The van der Waals surface area contributed by atoms with E-state index >= 15 is 0 Å². The van der Waals surface area contributed by atoms with Crippen LogP contribution in [0.15, 0.2) is 42.8 Å². The Hall–Kier alpha value is -2.93. The van der Waals surface area contributed by atoms with Crippen molar-refractivity contribution in [2.75, 3.05) is 5.32 Å². The average Bonchev–Trinajstić information content (AvgIpc) is 3.12. The van der Waals surface area contributed by atoms with Gasteiger partial charge < -0.3 is 16.8 Å². The molecule has 154 valence electrons. The zero-order valence-corrected chi connectivity index (χ0v) is 17.2. The fourth-order valence-electron chi connectivity index (χ4n) is 3.67. The molecule has 2 aromatic rings. The van der Waals surface area contributed by atoms with E-state index in [4.69, 9.17) is 16.5 Å². The molecule has 2 aromatic heterocycles. The Morgan fingerprint density at radius 1 is 1.41 bits per heavy atom. The minimum Gasteiger partial charge on any atom is -0.364 e. The zero-order valence-electron chi connectivity index (χ0n) is 17.2. The van der Waals surface area contributed by atoms with Crippen LogP contribution < -0.4 is 16.8 Å². The van der Waals surface area contributed by atoms with Crippen LogP contribution in [-0.2, 0) is 0 Å². The standard InChI is InChI=1S/C22H30N6O/c1-4-6-14(2)9-10-15(3)18-13-28-19(20(24)29)12-25-21(22(28)27-18)26-17-8-5-7-16(23)11-17/h6,9-10,12-13,16-17H,3-5,7-8,11,23H2,1-2H3,(H2,24,29)(H,25,26)/b10-9-,14-6-. The largest absolute Gasteiger partial charge is 0.364 e. The highest BCUT2D eigenvalue weighted by Crippen LogP contribution is 2.25. The highest BCUT2D eigenvalue weighted by atomic mass is 16.1. The molecule has 2 heterocycles. The molecule has 0 bridgehead atoms. The van der Waals surface area contributed by atoms with Crippen LogP contribution in [0.5, 0.6) is 0 Å². The Balaban J connectivity index is 1.95. The van der Waals surface area contributed by atoms with Gasteiger partial charge in [0.2, 0.25) is 0 Å². The molecule has 1 amide bonds. The molecule has 2 atom stereocenters. The van der Waals surface area contributed by atoms with Crippen molar-refractivity contribution in [1.82, 2.24) is 14.4 Å². The molecule has 0 radical (unpaired) electrons. The molecule has 0 aliphatic heterocycles. The summed E-state index contributed by atoms with van der Waals surface area (Å²) in [7, 11) is 0. The third-order valence-electron chi connectivity index (χ3n) is 5.20. The molecule has 29 heavy (non-hydrogen) atoms. The number of amides is 1. The highest BCUT2D eigenvalue weighted by molar-refractivity contribution is 5.92. The van der Waals surface area contributed by atoms with Gasteiger partial charge in [-0.1, -0.05) is 37.3 Å². The normalized spacial score (nSPS) is 20.3. The number of allylic oxidation sites excluding steroid dienone is 5. The summed E-state index contributed by atoms with van der Waals surface area (Å²) in [6.07, 6.45) is 14.4. The molecule has 5 N–H and O–H groups in total. The minimum absolute atomic E-state index is 0.196. The second-order valence-corrected chi connectivity index (χ2v) is 7.66. The van der Waals surface area contributed by atoms with Gasteiger partial charge in [-0.05, 0) is 44.6 Å². The van der Waals surface area contributed by atoms with Crippen LogP contribution in [0.1, 0.15) is 62.1 Å². The van der Waals surface area contributed by atoms with Crippen LogP contribution in [0.4, 0.5) is 5.82 Å². The smallest absolute Gasteiger partial charge is 0.267 e. The maximum atomic E-state index is 11.9. The summed E-state index contributed by atoms with van der Waals surface area (Å²) in [5, 5.41) is 3.46. The van der Waals surface area contributed by atoms with Gasteiger partial charge in [-0.25, -0.2) is 9.97 Å². The number of fused-ring (bicyclic) bond motifs is 1. The molecule has 0 saturated heterocycles. The van der Waals surface area contributed by atoms with E-state index in [1.54, 1.807) is 10.6 Å². The molecule has 1 aliphatic rings. The van der Waals surface area contributed by atoms with Gasteiger partial charge in [0.05, 0.1) is 11.9 Å². The van der Waals surface area contributed by atoms with Crippen LogP contribution in [-0.4, -0.2) is 32.4 Å². The molecule has 0 spiro atoms. The number of hydrogen-bond acceptors (Lipinski definition) is 5. The van der Waals surface area contributed by atoms with Crippen LogP contribution in [0, 0.1) is 0 Å². The van der Waals surface area contributed by atoms with Gasteiger partial charge in [-0.3, -0.25) is 9.20 Å². The van der Waals surface area contributed by atoms with E-state index in [1.807, 2.05) is 19.1 Å². The van der Waals surface area contributed by atoms with Crippen molar-refractivity contribution in [3.05, 3.63) is 54.2 Å². The van der Waals surface area contributed by atoms with Gasteiger partial charge in [0.1, 0.15) is 5.69 Å². The maximum absolute atomic E-state index is 11.9. The molecule has 1 aliphatic carbocycles. The number of nitrogens with one attached hydrogen (secondary N) is 1. The van der Waals surface area contributed by atoms with Gasteiger partial charge in [0.25, 0.3) is 5.91 Å². The predicted molar refractivity (Wildman–Crippen MR) is 118 cm³/mol. The van der Waals surface area contributed by atoms with E-state index in [9.17, 15) is 4.79 Å². The molecule has 7 heteroatoms. The summed E-state index contributed by atoms with van der Waals surface area (Å²) in [6, 6.07) is 0.432.